The number of benzene rings is 1. The van der Waals surface area contributed by atoms with Crippen molar-refractivity contribution in [2.75, 3.05) is 25.7 Å². The zero-order valence-corrected chi connectivity index (χ0v) is 12.1. The Bertz CT molecular complexity index is 641. The lowest BCUT2D eigenvalue weighted by Crippen LogP contribution is -2.30. The highest BCUT2D eigenvalue weighted by molar-refractivity contribution is 5.50. The number of methoxy groups -OCH3 is 2. The molecule has 0 amide bonds. The lowest BCUT2D eigenvalue weighted by Gasteiger charge is -2.28. The van der Waals surface area contributed by atoms with Crippen molar-refractivity contribution in [1.29, 1.82) is 0 Å². The lowest BCUT2D eigenvalue weighted by molar-refractivity contribution is 0.353. The van der Waals surface area contributed by atoms with Gasteiger partial charge in [0.2, 0.25) is 5.89 Å². The van der Waals surface area contributed by atoms with Crippen LogP contribution in [0, 0.1) is 0 Å². The minimum atomic E-state index is 0.252. The van der Waals surface area contributed by atoms with E-state index in [4.69, 9.17) is 19.6 Å². The maximum absolute atomic E-state index is 5.51. The molecule has 112 valence electrons. The van der Waals surface area contributed by atoms with Gasteiger partial charge in [-0.25, -0.2) is 0 Å². The van der Waals surface area contributed by atoms with E-state index in [2.05, 4.69) is 10.2 Å². The van der Waals surface area contributed by atoms with E-state index in [1.54, 1.807) is 14.2 Å². The third kappa shape index (κ3) is 2.52. The highest BCUT2D eigenvalue weighted by Crippen LogP contribution is 2.34. The fraction of sp³-hybridized carbons (Fsp3) is 0.429. The van der Waals surface area contributed by atoms with Crippen molar-refractivity contribution >= 4 is 6.01 Å². The highest BCUT2D eigenvalue weighted by Gasteiger charge is 2.22. The molecule has 0 aliphatic carbocycles. The Morgan fingerprint density at radius 2 is 1.90 bits per heavy atom. The molecule has 3 rings (SSSR count). The number of hydrogen-bond acceptors (Lipinski definition) is 7. The van der Waals surface area contributed by atoms with Crippen LogP contribution in [0.15, 0.2) is 16.5 Å². The highest BCUT2D eigenvalue weighted by atomic mass is 16.5. The molecular weight excluding hydrogens is 272 g/mol. The smallest absolute Gasteiger partial charge is 0.318 e. The number of fused-ring (bicyclic) bond motifs is 1. The molecule has 0 fully saturated rings. The van der Waals surface area contributed by atoms with Crippen molar-refractivity contribution in [3.63, 3.8) is 0 Å². The van der Waals surface area contributed by atoms with Crippen molar-refractivity contribution in [3.05, 3.63) is 29.2 Å². The zero-order chi connectivity index (χ0) is 14.8. The van der Waals surface area contributed by atoms with E-state index in [0.717, 1.165) is 24.5 Å². The number of aromatic nitrogens is 2. The monoisotopic (exact) mass is 290 g/mol. The molecule has 2 aromatic rings. The first-order valence-corrected chi connectivity index (χ1v) is 6.76. The van der Waals surface area contributed by atoms with Gasteiger partial charge in [-0.1, -0.05) is 5.10 Å². The predicted octanol–water partition coefficient (Wildman–Crippen LogP) is 1.11. The zero-order valence-electron chi connectivity index (χ0n) is 12.1. The Labute approximate surface area is 122 Å². The predicted molar refractivity (Wildman–Crippen MR) is 76.5 cm³/mol. The van der Waals surface area contributed by atoms with E-state index in [1.807, 2.05) is 17.0 Å². The van der Waals surface area contributed by atoms with Crippen molar-refractivity contribution in [2.24, 2.45) is 5.73 Å². The van der Waals surface area contributed by atoms with Crippen LogP contribution in [0.5, 0.6) is 11.5 Å². The van der Waals surface area contributed by atoms with Crippen molar-refractivity contribution in [3.8, 4) is 11.5 Å². The van der Waals surface area contributed by atoms with Gasteiger partial charge in [0.25, 0.3) is 0 Å². The van der Waals surface area contributed by atoms with Gasteiger partial charge >= 0.3 is 6.01 Å². The molecule has 0 spiro atoms. The second-order valence-electron chi connectivity index (χ2n) is 4.83. The molecular formula is C14H18N4O3. The van der Waals surface area contributed by atoms with Crippen LogP contribution >= 0.6 is 0 Å². The van der Waals surface area contributed by atoms with Crippen molar-refractivity contribution in [1.82, 2.24) is 10.2 Å². The largest absolute Gasteiger partial charge is 0.493 e. The molecule has 1 aromatic heterocycles. The minimum Gasteiger partial charge on any atom is -0.493 e. The molecule has 21 heavy (non-hydrogen) atoms. The number of rotatable bonds is 4. The molecule has 0 radical (unpaired) electrons. The van der Waals surface area contributed by atoms with Crippen LogP contribution in [-0.2, 0) is 19.5 Å². The van der Waals surface area contributed by atoms with Crippen LogP contribution in [0.3, 0.4) is 0 Å². The summed E-state index contributed by atoms with van der Waals surface area (Å²) in [5, 5.41) is 7.93. The molecule has 0 atom stereocenters. The SMILES string of the molecule is COc1cc2c(cc1OC)CN(c1nnc(CN)o1)CC2. The van der Waals surface area contributed by atoms with E-state index in [1.165, 1.54) is 11.1 Å². The maximum atomic E-state index is 5.51. The van der Waals surface area contributed by atoms with Crippen LogP contribution in [-0.4, -0.2) is 31.0 Å². The molecule has 0 unspecified atom stereocenters. The van der Waals surface area contributed by atoms with Crippen molar-refractivity contribution < 1.29 is 13.9 Å². The summed E-state index contributed by atoms with van der Waals surface area (Å²) in [5.74, 6) is 1.93. The Morgan fingerprint density at radius 3 is 2.52 bits per heavy atom. The second kappa shape index (κ2) is 5.61. The summed E-state index contributed by atoms with van der Waals surface area (Å²) >= 11 is 0. The molecule has 7 nitrogen and oxygen atoms in total. The Kier molecular flexibility index (Phi) is 3.66. The van der Waals surface area contributed by atoms with Gasteiger partial charge in [-0.05, 0) is 29.7 Å². The lowest BCUT2D eigenvalue weighted by atomic mass is 9.99. The summed E-state index contributed by atoms with van der Waals surface area (Å²) < 4.78 is 16.2. The first-order valence-electron chi connectivity index (χ1n) is 6.76. The second-order valence-corrected chi connectivity index (χ2v) is 4.83. The molecule has 7 heteroatoms. The Morgan fingerprint density at radius 1 is 1.19 bits per heavy atom. The van der Waals surface area contributed by atoms with E-state index in [9.17, 15) is 0 Å². The average Bonchev–Trinajstić information content (AvgIpc) is 3.02. The van der Waals surface area contributed by atoms with Gasteiger partial charge in [-0.15, -0.1) is 5.10 Å². The fourth-order valence-corrected chi connectivity index (χ4v) is 2.50. The summed E-state index contributed by atoms with van der Waals surface area (Å²) in [4.78, 5) is 2.04. The Hall–Kier alpha value is -2.28. The molecule has 1 aromatic carbocycles. The van der Waals surface area contributed by atoms with E-state index < -0.39 is 0 Å². The number of anilines is 1. The van der Waals surface area contributed by atoms with Gasteiger partial charge in [0.1, 0.15) is 0 Å². The van der Waals surface area contributed by atoms with Crippen LogP contribution in [0.25, 0.3) is 0 Å². The molecule has 0 bridgehead atoms. The number of nitrogens with two attached hydrogens (primary N) is 1. The molecule has 1 aliphatic heterocycles. The van der Waals surface area contributed by atoms with Crippen LogP contribution in [0.1, 0.15) is 17.0 Å². The fourth-order valence-electron chi connectivity index (χ4n) is 2.50. The molecule has 0 saturated carbocycles. The third-order valence-electron chi connectivity index (χ3n) is 3.62. The number of hydrogen-bond donors (Lipinski definition) is 1. The van der Waals surface area contributed by atoms with E-state index >= 15 is 0 Å². The van der Waals surface area contributed by atoms with Crippen LogP contribution < -0.4 is 20.1 Å². The van der Waals surface area contributed by atoms with Gasteiger partial charge in [-0.3, -0.25) is 0 Å². The first-order chi connectivity index (χ1) is 10.2. The molecule has 1 aliphatic rings. The summed E-state index contributed by atoms with van der Waals surface area (Å²) in [5.41, 5.74) is 7.92. The molecule has 2 heterocycles. The van der Waals surface area contributed by atoms with Gasteiger partial charge in [0, 0.05) is 13.1 Å². The van der Waals surface area contributed by atoms with Crippen LogP contribution in [0.2, 0.25) is 0 Å². The Balaban J connectivity index is 1.87. The summed E-state index contributed by atoms with van der Waals surface area (Å²) in [6.07, 6.45) is 0.885. The summed E-state index contributed by atoms with van der Waals surface area (Å²) in [6.45, 7) is 1.76. The van der Waals surface area contributed by atoms with Gasteiger partial charge in [0.15, 0.2) is 11.5 Å². The topological polar surface area (TPSA) is 86.6 Å². The molecule has 2 N–H and O–H groups in total. The third-order valence-corrected chi connectivity index (χ3v) is 3.62. The van der Waals surface area contributed by atoms with Gasteiger partial charge in [-0.2, -0.15) is 0 Å². The maximum Gasteiger partial charge on any atom is 0.318 e. The average molecular weight is 290 g/mol. The summed E-state index contributed by atoms with van der Waals surface area (Å²) in [7, 11) is 3.28. The van der Waals surface area contributed by atoms with E-state index in [-0.39, 0.29) is 6.54 Å². The standard InChI is InChI=1S/C14H18N4O3/c1-19-11-5-9-3-4-18(8-10(9)6-12(11)20-2)14-17-16-13(7-15)21-14/h5-6H,3-4,7-8,15H2,1-2H3. The number of ether oxygens (including phenoxy) is 2. The first kappa shape index (κ1) is 13.7. The van der Waals surface area contributed by atoms with Gasteiger partial charge < -0.3 is 24.5 Å². The van der Waals surface area contributed by atoms with Gasteiger partial charge in [0.05, 0.1) is 20.8 Å². The van der Waals surface area contributed by atoms with Crippen LogP contribution in [0.4, 0.5) is 6.01 Å². The van der Waals surface area contributed by atoms with Crippen molar-refractivity contribution in [2.45, 2.75) is 19.5 Å². The normalized spacial score (nSPS) is 14.0. The quantitative estimate of drug-likeness (QED) is 0.902. The van der Waals surface area contributed by atoms with E-state index in [0.29, 0.717) is 18.5 Å². The summed E-state index contributed by atoms with van der Waals surface area (Å²) in [6, 6.07) is 4.54. The molecule has 0 saturated heterocycles. The minimum absolute atomic E-state index is 0.252. The number of nitrogens with zero attached hydrogens (tertiary/aromatic N) is 3.